The third-order valence-electron chi connectivity index (χ3n) is 5.76. The predicted octanol–water partition coefficient (Wildman–Crippen LogP) is 3.22. The second kappa shape index (κ2) is 1.51. The van der Waals surface area contributed by atoms with Crippen molar-refractivity contribution in [1.29, 1.82) is 0 Å². The Balaban J connectivity index is 1.89. The molecule has 0 amide bonds. The Morgan fingerprint density at radius 3 is 2.83 bits per heavy atom. The summed E-state index contributed by atoms with van der Waals surface area (Å²) in [6.07, 6.45) is 9.67. The van der Waals surface area contributed by atoms with Gasteiger partial charge in [-0.1, -0.05) is 6.92 Å². The first-order chi connectivity index (χ1) is 5.70. The van der Waals surface area contributed by atoms with E-state index in [0.717, 1.165) is 16.7 Å². The Bertz CT molecular complexity index is 251. The second-order valence-corrected chi connectivity index (χ2v) is 6.56. The Labute approximate surface area is 74.7 Å². The lowest BCUT2D eigenvalue weighted by atomic mass is 9.56. The van der Waals surface area contributed by atoms with E-state index in [2.05, 4.69) is 6.92 Å². The molecule has 0 N–H and O–H groups in total. The summed E-state index contributed by atoms with van der Waals surface area (Å²) in [5.74, 6) is 3.53. The third-order valence-corrected chi connectivity index (χ3v) is 5.76. The van der Waals surface area contributed by atoms with E-state index >= 15 is 0 Å². The predicted molar refractivity (Wildman–Crippen MR) is 48.7 cm³/mol. The molecule has 5 unspecified atom stereocenters. The molecule has 0 aromatic rings. The van der Waals surface area contributed by atoms with Gasteiger partial charge in [0.25, 0.3) is 0 Å². The number of rotatable bonds is 0. The Morgan fingerprint density at radius 1 is 1.00 bits per heavy atom. The second-order valence-electron chi connectivity index (χ2n) is 6.56. The highest BCUT2D eigenvalue weighted by Crippen LogP contribution is 2.78. The first-order valence-corrected chi connectivity index (χ1v) is 5.70. The molecule has 3 bridgehead atoms. The summed E-state index contributed by atoms with van der Waals surface area (Å²) >= 11 is 0. The topological polar surface area (TPSA) is 0 Å². The molecule has 66 valence electrons. The van der Waals surface area contributed by atoms with Gasteiger partial charge in [0, 0.05) is 0 Å². The smallest absolute Gasteiger partial charge is 0.0233 e. The zero-order valence-electron chi connectivity index (χ0n) is 7.97. The highest BCUT2D eigenvalue weighted by molar-refractivity contribution is 5.18. The molecular weight excluding hydrogens is 144 g/mol. The van der Waals surface area contributed by atoms with Crippen LogP contribution in [-0.2, 0) is 0 Å². The molecule has 5 atom stereocenters. The van der Waals surface area contributed by atoms with Crippen molar-refractivity contribution in [1.82, 2.24) is 0 Å². The van der Waals surface area contributed by atoms with Gasteiger partial charge in [0.15, 0.2) is 0 Å². The Hall–Kier alpha value is 0. The largest absolute Gasteiger partial charge is 0.0596 e. The number of hydrogen-bond acceptors (Lipinski definition) is 0. The maximum absolute atomic E-state index is 2.57. The molecule has 0 aromatic heterocycles. The Morgan fingerprint density at radius 2 is 1.92 bits per heavy atom. The van der Waals surface area contributed by atoms with E-state index in [-0.39, 0.29) is 0 Å². The quantitative estimate of drug-likeness (QED) is 0.513. The van der Waals surface area contributed by atoms with Crippen molar-refractivity contribution in [3.05, 3.63) is 0 Å². The first kappa shape index (κ1) is 6.45. The van der Waals surface area contributed by atoms with Crippen LogP contribution in [0, 0.1) is 28.6 Å². The summed E-state index contributed by atoms with van der Waals surface area (Å²) in [4.78, 5) is 0. The number of fused-ring (bicyclic) bond motifs is 2. The maximum atomic E-state index is 2.57. The minimum Gasteiger partial charge on any atom is -0.0596 e. The molecule has 4 saturated carbocycles. The molecule has 4 aliphatic rings. The van der Waals surface area contributed by atoms with Gasteiger partial charge in [-0.15, -0.1) is 0 Å². The van der Waals surface area contributed by atoms with Crippen LogP contribution >= 0.6 is 0 Å². The molecule has 12 heavy (non-hydrogen) atoms. The van der Waals surface area contributed by atoms with Crippen molar-refractivity contribution in [2.45, 2.75) is 45.4 Å². The SMILES string of the molecule is CC12CC3CC4CC(C1)C4(C3)C2. The molecule has 4 rings (SSSR count). The van der Waals surface area contributed by atoms with Crippen LogP contribution < -0.4 is 0 Å². The van der Waals surface area contributed by atoms with Crippen molar-refractivity contribution >= 4 is 0 Å². The van der Waals surface area contributed by atoms with Crippen LogP contribution in [0.1, 0.15) is 45.4 Å². The minimum atomic E-state index is 0.804. The van der Waals surface area contributed by atoms with Crippen LogP contribution in [0.5, 0.6) is 0 Å². The molecular formula is C12H18. The third kappa shape index (κ3) is 0.482. The summed E-state index contributed by atoms with van der Waals surface area (Å²) < 4.78 is 0. The van der Waals surface area contributed by atoms with Gasteiger partial charge >= 0.3 is 0 Å². The molecule has 0 aliphatic heterocycles. The fourth-order valence-corrected chi connectivity index (χ4v) is 5.79. The van der Waals surface area contributed by atoms with Crippen LogP contribution in [0.25, 0.3) is 0 Å². The average Bonchev–Trinajstić information content (AvgIpc) is 2.26. The van der Waals surface area contributed by atoms with Crippen LogP contribution in [0.2, 0.25) is 0 Å². The fourth-order valence-electron chi connectivity index (χ4n) is 5.79. The molecule has 0 radical (unpaired) electrons. The van der Waals surface area contributed by atoms with Gasteiger partial charge in [-0.3, -0.25) is 0 Å². The summed E-state index contributed by atoms with van der Waals surface area (Å²) in [5.41, 5.74) is 1.73. The van der Waals surface area contributed by atoms with Gasteiger partial charge in [0.1, 0.15) is 0 Å². The van der Waals surface area contributed by atoms with E-state index in [1.165, 1.54) is 11.8 Å². The highest BCUT2D eigenvalue weighted by Gasteiger charge is 2.69. The van der Waals surface area contributed by atoms with Crippen molar-refractivity contribution in [2.24, 2.45) is 28.6 Å². The van der Waals surface area contributed by atoms with Gasteiger partial charge in [-0.2, -0.15) is 0 Å². The molecule has 4 aliphatic carbocycles. The molecule has 4 fully saturated rings. The van der Waals surface area contributed by atoms with Gasteiger partial charge in [0.2, 0.25) is 0 Å². The highest BCUT2D eigenvalue weighted by atomic mass is 14.7. The lowest BCUT2D eigenvalue weighted by Gasteiger charge is -2.49. The van der Waals surface area contributed by atoms with Crippen molar-refractivity contribution in [2.75, 3.05) is 0 Å². The normalized spacial score (nSPS) is 71.2. The summed E-state index contributed by atoms with van der Waals surface area (Å²) in [7, 11) is 0. The van der Waals surface area contributed by atoms with Gasteiger partial charge < -0.3 is 0 Å². The molecule has 0 heteroatoms. The average molecular weight is 162 g/mol. The fraction of sp³-hybridized carbons (Fsp3) is 1.00. The minimum absolute atomic E-state index is 0.804. The molecule has 1 spiro atoms. The monoisotopic (exact) mass is 162 g/mol. The van der Waals surface area contributed by atoms with E-state index in [1.807, 2.05) is 0 Å². The maximum Gasteiger partial charge on any atom is -0.0233 e. The van der Waals surface area contributed by atoms with E-state index < -0.39 is 0 Å². The zero-order chi connectivity index (χ0) is 7.97. The molecule has 0 nitrogen and oxygen atoms in total. The lowest BCUT2D eigenvalue weighted by Crippen LogP contribution is -2.41. The van der Waals surface area contributed by atoms with Crippen molar-refractivity contribution < 1.29 is 0 Å². The van der Waals surface area contributed by atoms with E-state index in [9.17, 15) is 0 Å². The van der Waals surface area contributed by atoms with Gasteiger partial charge in [0.05, 0.1) is 0 Å². The van der Waals surface area contributed by atoms with Crippen LogP contribution in [0.4, 0.5) is 0 Å². The van der Waals surface area contributed by atoms with E-state index in [1.54, 1.807) is 38.5 Å². The molecule has 0 aromatic carbocycles. The standard InChI is InChI=1S/C12H18/c1-11-4-8-2-9-3-10(6-11)12(9,5-8)7-11/h8-10H,2-7H2,1H3. The summed E-state index contributed by atoms with van der Waals surface area (Å²) in [5, 5.41) is 0. The van der Waals surface area contributed by atoms with Crippen molar-refractivity contribution in [3.63, 3.8) is 0 Å². The van der Waals surface area contributed by atoms with Gasteiger partial charge in [-0.25, -0.2) is 0 Å². The van der Waals surface area contributed by atoms with E-state index in [4.69, 9.17) is 0 Å². The van der Waals surface area contributed by atoms with Crippen LogP contribution in [-0.4, -0.2) is 0 Å². The van der Waals surface area contributed by atoms with Crippen LogP contribution in [0.15, 0.2) is 0 Å². The Kier molecular flexibility index (Phi) is 0.811. The van der Waals surface area contributed by atoms with E-state index in [0.29, 0.717) is 0 Å². The summed E-state index contributed by atoms with van der Waals surface area (Å²) in [6, 6.07) is 0. The molecule has 0 saturated heterocycles. The zero-order valence-corrected chi connectivity index (χ0v) is 7.97. The van der Waals surface area contributed by atoms with Gasteiger partial charge in [-0.05, 0) is 67.1 Å². The molecule has 0 heterocycles. The van der Waals surface area contributed by atoms with Crippen molar-refractivity contribution in [3.8, 4) is 0 Å². The van der Waals surface area contributed by atoms with Crippen LogP contribution in [0.3, 0.4) is 0 Å². The lowest BCUT2D eigenvalue weighted by molar-refractivity contribution is -0.00184. The summed E-state index contributed by atoms with van der Waals surface area (Å²) in [6.45, 7) is 2.57. The number of hydrogen-bond donors (Lipinski definition) is 0. The first-order valence-electron chi connectivity index (χ1n) is 5.70.